The maximum Gasteiger partial charge on any atom is 0.337 e. The molecule has 0 amide bonds. The van der Waals surface area contributed by atoms with E-state index in [2.05, 4.69) is 17.1 Å². The summed E-state index contributed by atoms with van der Waals surface area (Å²) in [5.74, 6) is 0.232. The number of aryl methyl sites for hydroxylation is 3. The molecular weight excluding hydrogens is 266 g/mol. The molecule has 1 heterocycles. The third kappa shape index (κ3) is 2.89. The Morgan fingerprint density at radius 2 is 1.95 bits per heavy atom. The molecule has 0 saturated heterocycles. The van der Waals surface area contributed by atoms with Crippen molar-refractivity contribution in [3.63, 3.8) is 0 Å². The number of ether oxygens (including phenoxy) is 1. The van der Waals surface area contributed by atoms with Crippen molar-refractivity contribution >= 4 is 5.97 Å². The standard InChI is InChI=1S/C17H17NO3/c1-11-8-14(17(19)20)10-18-16(11)21-15-7-6-12-4-2-3-5-13(12)9-15/h6-10H,2-5H2,1H3,(H,19,20). The van der Waals surface area contributed by atoms with E-state index in [1.807, 2.05) is 6.07 Å². The van der Waals surface area contributed by atoms with Crippen LogP contribution in [0.4, 0.5) is 0 Å². The molecule has 0 aliphatic heterocycles. The van der Waals surface area contributed by atoms with E-state index in [1.54, 1.807) is 13.0 Å². The van der Waals surface area contributed by atoms with Gasteiger partial charge in [0.05, 0.1) is 5.56 Å². The zero-order valence-corrected chi connectivity index (χ0v) is 11.9. The smallest absolute Gasteiger partial charge is 0.337 e. The van der Waals surface area contributed by atoms with Crippen molar-refractivity contribution in [2.45, 2.75) is 32.6 Å². The number of benzene rings is 1. The average molecular weight is 283 g/mol. The van der Waals surface area contributed by atoms with Crippen LogP contribution in [0.3, 0.4) is 0 Å². The Kier molecular flexibility index (Phi) is 3.60. The van der Waals surface area contributed by atoms with Crippen molar-refractivity contribution < 1.29 is 14.6 Å². The van der Waals surface area contributed by atoms with E-state index >= 15 is 0 Å². The molecule has 0 radical (unpaired) electrons. The fourth-order valence-corrected chi connectivity index (χ4v) is 2.67. The van der Waals surface area contributed by atoms with E-state index in [0.29, 0.717) is 11.4 Å². The Morgan fingerprint density at radius 3 is 2.67 bits per heavy atom. The van der Waals surface area contributed by atoms with Gasteiger partial charge in [-0.1, -0.05) is 6.07 Å². The summed E-state index contributed by atoms with van der Waals surface area (Å²) in [6, 6.07) is 7.71. The number of hydrogen-bond acceptors (Lipinski definition) is 3. The van der Waals surface area contributed by atoms with Crippen LogP contribution >= 0.6 is 0 Å². The molecule has 2 aromatic rings. The van der Waals surface area contributed by atoms with Crippen LogP contribution in [0.15, 0.2) is 30.5 Å². The van der Waals surface area contributed by atoms with Crippen LogP contribution in [-0.2, 0) is 12.8 Å². The molecule has 0 atom stereocenters. The lowest BCUT2D eigenvalue weighted by molar-refractivity contribution is 0.0696. The number of rotatable bonds is 3. The van der Waals surface area contributed by atoms with Gasteiger partial charge < -0.3 is 9.84 Å². The molecule has 21 heavy (non-hydrogen) atoms. The second-order valence-corrected chi connectivity index (χ2v) is 5.39. The van der Waals surface area contributed by atoms with Gasteiger partial charge in [0.2, 0.25) is 5.88 Å². The minimum absolute atomic E-state index is 0.172. The Morgan fingerprint density at radius 1 is 1.19 bits per heavy atom. The normalized spacial score (nSPS) is 13.6. The summed E-state index contributed by atoms with van der Waals surface area (Å²) in [6.07, 6.45) is 6.03. The lowest BCUT2D eigenvalue weighted by atomic mass is 9.92. The van der Waals surface area contributed by atoms with Gasteiger partial charge in [0, 0.05) is 11.8 Å². The molecule has 1 aliphatic carbocycles. The minimum Gasteiger partial charge on any atom is -0.478 e. The first-order chi connectivity index (χ1) is 10.1. The summed E-state index contributed by atoms with van der Waals surface area (Å²) in [7, 11) is 0. The van der Waals surface area contributed by atoms with Crippen LogP contribution in [0.2, 0.25) is 0 Å². The molecule has 4 heteroatoms. The Balaban J connectivity index is 1.85. The SMILES string of the molecule is Cc1cc(C(=O)O)cnc1Oc1ccc2c(c1)CCCC2. The number of hydrogen-bond donors (Lipinski definition) is 1. The Labute approximate surface area is 123 Å². The third-order valence-electron chi connectivity index (χ3n) is 3.81. The molecule has 1 N–H and O–H groups in total. The molecular formula is C17H17NO3. The van der Waals surface area contributed by atoms with Gasteiger partial charge in [0.15, 0.2) is 0 Å². The van der Waals surface area contributed by atoms with Crippen molar-refractivity contribution in [2.75, 3.05) is 0 Å². The number of fused-ring (bicyclic) bond motifs is 1. The number of carbonyl (C=O) groups is 1. The van der Waals surface area contributed by atoms with Crippen molar-refractivity contribution in [2.24, 2.45) is 0 Å². The van der Waals surface area contributed by atoms with Crippen LogP contribution in [0.1, 0.15) is 39.9 Å². The summed E-state index contributed by atoms with van der Waals surface area (Å²) < 4.78 is 5.81. The van der Waals surface area contributed by atoms with E-state index in [0.717, 1.165) is 18.6 Å². The first kappa shape index (κ1) is 13.6. The van der Waals surface area contributed by atoms with E-state index < -0.39 is 5.97 Å². The molecule has 0 saturated carbocycles. The van der Waals surface area contributed by atoms with Gasteiger partial charge in [-0.15, -0.1) is 0 Å². The largest absolute Gasteiger partial charge is 0.478 e. The van der Waals surface area contributed by atoms with E-state index in [-0.39, 0.29) is 5.56 Å². The van der Waals surface area contributed by atoms with Gasteiger partial charge in [-0.2, -0.15) is 0 Å². The summed E-state index contributed by atoms with van der Waals surface area (Å²) >= 11 is 0. The van der Waals surface area contributed by atoms with E-state index in [4.69, 9.17) is 9.84 Å². The zero-order valence-electron chi connectivity index (χ0n) is 11.9. The predicted molar refractivity (Wildman–Crippen MR) is 79.1 cm³/mol. The minimum atomic E-state index is -0.981. The zero-order chi connectivity index (χ0) is 14.8. The third-order valence-corrected chi connectivity index (χ3v) is 3.81. The summed E-state index contributed by atoms with van der Waals surface area (Å²) in [5, 5.41) is 8.94. The van der Waals surface area contributed by atoms with Gasteiger partial charge in [0.25, 0.3) is 0 Å². The lowest BCUT2D eigenvalue weighted by Crippen LogP contribution is -2.03. The second kappa shape index (κ2) is 5.56. The molecule has 4 nitrogen and oxygen atoms in total. The molecule has 0 spiro atoms. The number of aromatic carboxylic acids is 1. The van der Waals surface area contributed by atoms with Crippen LogP contribution in [0, 0.1) is 6.92 Å². The maximum absolute atomic E-state index is 10.9. The highest BCUT2D eigenvalue weighted by molar-refractivity contribution is 5.87. The number of carboxylic acids is 1. The molecule has 0 fully saturated rings. The van der Waals surface area contributed by atoms with Gasteiger partial charge >= 0.3 is 5.97 Å². The van der Waals surface area contributed by atoms with Gasteiger partial charge in [0.1, 0.15) is 5.75 Å². The summed E-state index contributed by atoms with van der Waals surface area (Å²) in [6.45, 7) is 1.80. The molecule has 1 aromatic heterocycles. The summed E-state index contributed by atoms with van der Waals surface area (Å²) in [4.78, 5) is 15.0. The van der Waals surface area contributed by atoms with Crippen molar-refractivity contribution in [1.82, 2.24) is 4.98 Å². The Bertz CT molecular complexity index is 694. The van der Waals surface area contributed by atoms with E-state index in [1.165, 1.54) is 30.2 Å². The van der Waals surface area contributed by atoms with Crippen molar-refractivity contribution in [3.8, 4) is 11.6 Å². The predicted octanol–water partition coefficient (Wildman–Crippen LogP) is 3.76. The average Bonchev–Trinajstić information content (AvgIpc) is 2.49. The number of carboxylic acid groups (broad SMARTS) is 1. The quantitative estimate of drug-likeness (QED) is 0.931. The number of nitrogens with zero attached hydrogens (tertiary/aromatic N) is 1. The number of aromatic nitrogens is 1. The van der Waals surface area contributed by atoms with Crippen LogP contribution in [0.25, 0.3) is 0 Å². The maximum atomic E-state index is 10.9. The van der Waals surface area contributed by atoms with Crippen LogP contribution < -0.4 is 4.74 Å². The topological polar surface area (TPSA) is 59.4 Å². The van der Waals surface area contributed by atoms with Crippen molar-refractivity contribution in [1.29, 1.82) is 0 Å². The van der Waals surface area contributed by atoms with Gasteiger partial charge in [-0.3, -0.25) is 0 Å². The van der Waals surface area contributed by atoms with E-state index in [9.17, 15) is 4.79 Å². The molecule has 1 aliphatic rings. The molecule has 0 unspecified atom stereocenters. The number of pyridine rings is 1. The highest BCUT2D eigenvalue weighted by Crippen LogP contribution is 2.29. The molecule has 108 valence electrons. The molecule has 0 bridgehead atoms. The monoisotopic (exact) mass is 283 g/mol. The van der Waals surface area contributed by atoms with Gasteiger partial charge in [-0.05, 0) is 61.9 Å². The van der Waals surface area contributed by atoms with Crippen molar-refractivity contribution in [3.05, 3.63) is 52.7 Å². The fraction of sp³-hybridized carbons (Fsp3) is 0.294. The second-order valence-electron chi connectivity index (χ2n) is 5.39. The summed E-state index contributed by atoms with van der Waals surface area (Å²) in [5.41, 5.74) is 3.64. The Hall–Kier alpha value is -2.36. The first-order valence-corrected chi connectivity index (χ1v) is 7.13. The molecule has 3 rings (SSSR count). The highest BCUT2D eigenvalue weighted by atomic mass is 16.5. The fourth-order valence-electron chi connectivity index (χ4n) is 2.67. The van der Waals surface area contributed by atoms with Crippen LogP contribution in [-0.4, -0.2) is 16.1 Å². The van der Waals surface area contributed by atoms with Crippen LogP contribution in [0.5, 0.6) is 11.6 Å². The highest BCUT2D eigenvalue weighted by Gasteiger charge is 2.12. The lowest BCUT2D eigenvalue weighted by Gasteiger charge is -2.16. The molecule has 1 aromatic carbocycles. The first-order valence-electron chi connectivity index (χ1n) is 7.13. The van der Waals surface area contributed by atoms with Gasteiger partial charge in [-0.25, -0.2) is 9.78 Å².